The van der Waals surface area contributed by atoms with Gasteiger partial charge in [0.05, 0.1) is 0 Å². The standard InChI is InChI=1S/C8H10FNO2S/c9-13(11,12)6-8-4-2-1-3-7(8)5-10/h1-4H,5-6,10H2. The van der Waals surface area contributed by atoms with Gasteiger partial charge in [0.15, 0.2) is 0 Å². The van der Waals surface area contributed by atoms with Crippen molar-refractivity contribution in [3.05, 3.63) is 35.4 Å². The van der Waals surface area contributed by atoms with E-state index in [1.165, 1.54) is 0 Å². The predicted octanol–water partition coefficient (Wildman–Crippen LogP) is 0.945. The van der Waals surface area contributed by atoms with Gasteiger partial charge in [-0.2, -0.15) is 8.42 Å². The molecule has 2 N–H and O–H groups in total. The molecule has 72 valence electrons. The molecule has 0 radical (unpaired) electrons. The summed E-state index contributed by atoms with van der Waals surface area (Å²) in [4.78, 5) is 0. The minimum Gasteiger partial charge on any atom is -0.326 e. The molecule has 0 aliphatic carbocycles. The van der Waals surface area contributed by atoms with Crippen LogP contribution in [0, 0.1) is 0 Å². The van der Waals surface area contributed by atoms with Crippen LogP contribution < -0.4 is 5.73 Å². The van der Waals surface area contributed by atoms with E-state index < -0.39 is 16.0 Å². The maximum Gasteiger partial charge on any atom is 0.306 e. The number of hydrogen-bond donors (Lipinski definition) is 1. The Bertz CT molecular complexity index is 389. The second kappa shape index (κ2) is 3.85. The molecule has 13 heavy (non-hydrogen) atoms. The average molecular weight is 203 g/mol. The summed E-state index contributed by atoms with van der Waals surface area (Å²) in [6, 6.07) is 6.62. The van der Waals surface area contributed by atoms with Crippen LogP contribution in [0.1, 0.15) is 11.1 Å². The van der Waals surface area contributed by atoms with E-state index in [9.17, 15) is 12.3 Å². The monoisotopic (exact) mass is 203 g/mol. The summed E-state index contributed by atoms with van der Waals surface area (Å²) >= 11 is 0. The van der Waals surface area contributed by atoms with Crippen LogP contribution in [0.3, 0.4) is 0 Å². The van der Waals surface area contributed by atoms with Crippen LogP contribution in [-0.4, -0.2) is 8.42 Å². The van der Waals surface area contributed by atoms with Crippen LogP contribution in [0.5, 0.6) is 0 Å². The van der Waals surface area contributed by atoms with Crippen LogP contribution in [0.25, 0.3) is 0 Å². The molecule has 0 amide bonds. The molecule has 0 saturated carbocycles. The molecule has 0 unspecified atom stereocenters. The first-order valence-electron chi connectivity index (χ1n) is 3.72. The van der Waals surface area contributed by atoms with E-state index in [0.29, 0.717) is 11.1 Å². The fourth-order valence-corrected chi connectivity index (χ4v) is 1.74. The molecule has 3 nitrogen and oxygen atoms in total. The van der Waals surface area contributed by atoms with E-state index >= 15 is 0 Å². The van der Waals surface area contributed by atoms with Crippen molar-refractivity contribution in [2.75, 3.05) is 0 Å². The van der Waals surface area contributed by atoms with Gasteiger partial charge in [-0.05, 0) is 11.1 Å². The zero-order valence-corrected chi connectivity index (χ0v) is 7.72. The maximum atomic E-state index is 12.3. The molecule has 0 saturated heterocycles. The molecule has 0 aliphatic heterocycles. The maximum absolute atomic E-state index is 12.3. The molecule has 0 fully saturated rings. The Morgan fingerprint density at radius 3 is 2.23 bits per heavy atom. The minimum absolute atomic E-state index is 0.214. The van der Waals surface area contributed by atoms with Crippen LogP contribution in [0.15, 0.2) is 24.3 Å². The molecule has 1 rings (SSSR count). The summed E-state index contributed by atoms with van der Waals surface area (Å²) in [7, 11) is -4.47. The highest BCUT2D eigenvalue weighted by Crippen LogP contribution is 2.12. The summed E-state index contributed by atoms with van der Waals surface area (Å²) in [5, 5.41) is 0. The van der Waals surface area contributed by atoms with Crippen molar-refractivity contribution in [1.29, 1.82) is 0 Å². The van der Waals surface area contributed by atoms with Gasteiger partial charge in [0, 0.05) is 6.54 Å². The lowest BCUT2D eigenvalue weighted by Gasteiger charge is -2.03. The molecule has 0 aromatic heterocycles. The van der Waals surface area contributed by atoms with Crippen LogP contribution >= 0.6 is 0 Å². The zero-order valence-electron chi connectivity index (χ0n) is 6.90. The summed E-state index contributed by atoms with van der Waals surface area (Å²) in [5.41, 5.74) is 6.43. The quantitative estimate of drug-likeness (QED) is 0.744. The van der Waals surface area contributed by atoms with Crippen molar-refractivity contribution in [2.45, 2.75) is 12.3 Å². The van der Waals surface area contributed by atoms with Gasteiger partial charge in [0.1, 0.15) is 5.75 Å². The number of benzene rings is 1. The largest absolute Gasteiger partial charge is 0.326 e. The van der Waals surface area contributed by atoms with E-state index in [4.69, 9.17) is 5.73 Å². The number of halogens is 1. The highest BCUT2D eigenvalue weighted by Gasteiger charge is 2.10. The average Bonchev–Trinajstić information content (AvgIpc) is 2.02. The number of hydrogen-bond acceptors (Lipinski definition) is 3. The van der Waals surface area contributed by atoms with Gasteiger partial charge < -0.3 is 5.73 Å². The fraction of sp³-hybridized carbons (Fsp3) is 0.250. The van der Waals surface area contributed by atoms with Gasteiger partial charge in [-0.25, -0.2) is 0 Å². The lowest BCUT2D eigenvalue weighted by molar-refractivity contribution is 0.551. The Balaban J connectivity index is 3.01. The second-order valence-corrected chi connectivity index (χ2v) is 4.02. The molecule has 0 aliphatic rings. The fourth-order valence-electron chi connectivity index (χ4n) is 1.08. The predicted molar refractivity (Wildman–Crippen MR) is 48.1 cm³/mol. The third-order valence-corrected chi connectivity index (χ3v) is 2.32. The Morgan fingerprint density at radius 1 is 1.23 bits per heavy atom. The molecule has 0 atom stereocenters. The zero-order chi connectivity index (χ0) is 9.90. The summed E-state index contributed by atoms with van der Waals surface area (Å²) in [5.74, 6) is -0.597. The van der Waals surface area contributed by atoms with Gasteiger partial charge in [0.25, 0.3) is 0 Å². The normalized spacial score (nSPS) is 11.5. The molecule has 0 spiro atoms. The molecular weight excluding hydrogens is 193 g/mol. The van der Waals surface area contributed by atoms with Crippen molar-refractivity contribution >= 4 is 10.2 Å². The summed E-state index contributed by atoms with van der Waals surface area (Å²) in [6.45, 7) is 0.214. The highest BCUT2D eigenvalue weighted by molar-refractivity contribution is 7.85. The third-order valence-electron chi connectivity index (χ3n) is 1.67. The van der Waals surface area contributed by atoms with Crippen LogP contribution in [0.2, 0.25) is 0 Å². The highest BCUT2D eigenvalue weighted by atomic mass is 32.3. The third kappa shape index (κ3) is 3.12. The van der Waals surface area contributed by atoms with Crippen molar-refractivity contribution in [1.82, 2.24) is 0 Å². The van der Waals surface area contributed by atoms with Crippen molar-refractivity contribution < 1.29 is 12.3 Å². The van der Waals surface area contributed by atoms with Crippen molar-refractivity contribution in [3.8, 4) is 0 Å². The first-order chi connectivity index (χ1) is 6.03. The molecule has 1 aromatic carbocycles. The van der Waals surface area contributed by atoms with Gasteiger partial charge in [-0.3, -0.25) is 0 Å². The Hall–Kier alpha value is -0.940. The first kappa shape index (κ1) is 10.1. The lowest BCUT2D eigenvalue weighted by Crippen LogP contribution is -2.04. The van der Waals surface area contributed by atoms with E-state index in [0.717, 1.165) is 0 Å². The molecule has 5 heteroatoms. The van der Waals surface area contributed by atoms with Crippen molar-refractivity contribution in [3.63, 3.8) is 0 Å². The SMILES string of the molecule is NCc1ccccc1CS(=O)(=O)F. The Kier molecular flexibility index (Phi) is 3.00. The van der Waals surface area contributed by atoms with E-state index in [1.54, 1.807) is 24.3 Å². The summed E-state index contributed by atoms with van der Waals surface area (Å²) in [6.07, 6.45) is 0. The second-order valence-electron chi connectivity index (χ2n) is 2.66. The Morgan fingerprint density at radius 2 is 1.77 bits per heavy atom. The molecule has 0 heterocycles. The molecular formula is C8H10FNO2S. The molecule has 1 aromatic rings. The van der Waals surface area contributed by atoms with Crippen LogP contribution in [0.4, 0.5) is 3.89 Å². The van der Waals surface area contributed by atoms with Gasteiger partial charge >= 0.3 is 10.2 Å². The topological polar surface area (TPSA) is 60.2 Å². The van der Waals surface area contributed by atoms with Gasteiger partial charge in [0.2, 0.25) is 0 Å². The van der Waals surface area contributed by atoms with E-state index in [-0.39, 0.29) is 6.54 Å². The minimum atomic E-state index is -4.47. The van der Waals surface area contributed by atoms with Crippen molar-refractivity contribution in [2.24, 2.45) is 5.73 Å². The van der Waals surface area contributed by atoms with E-state index in [2.05, 4.69) is 0 Å². The lowest BCUT2D eigenvalue weighted by atomic mass is 10.1. The number of nitrogens with two attached hydrogens (primary N) is 1. The smallest absolute Gasteiger partial charge is 0.306 e. The van der Waals surface area contributed by atoms with Gasteiger partial charge in [-0.15, -0.1) is 3.89 Å². The Labute approximate surface area is 76.6 Å². The summed E-state index contributed by atoms with van der Waals surface area (Å²) < 4.78 is 33.0. The van der Waals surface area contributed by atoms with E-state index in [1.807, 2.05) is 0 Å². The van der Waals surface area contributed by atoms with Gasteiger partial charge in [-0.1, -0.05) is 24.3 Å². The molecule has 0 bridgehead atoms. The van der Waals surface area contributed by atoms with Crippen LogP contribution in [-0.2, 0) is 22.5 Å². The number of rotatable bonds is 3. The first-order valence-corrected chi connectivity index (χ1v) is 5.27.